The van der Waals surface area contributed by atoms with Crippen LogP contribution in [0.2, 0.25) is 0 Å². The molecule has 1 aromatic heterocycles. The van der Waals surface area contributed by atoms with E-state index in [0.29, 0.717) is 35.9 Å². The first kappa shape index (κ1) is 25.0. The summed E-state index contributed by atoms with van der Waals surface area (Å²) < 4.78 is 12.3. The highest BCUT2D eigenvalue weighted by atomic mass is 16.5. The number of carbonyl (C=O) groups excluding carboxylic acids is 1. The Morgan fingerprint density at radius 1 is 1.05 bits per heavy atom. The van der Waals surface area contributed by atoms with E-state index in [1.807, 2.05) is 13.0 Å². The molecule has 3 fully saturated rings. The Labute approximate surface area is 220 Å². The molecule has 6 rings (SSSR count). The molecule has 200 valence electrons. The van der Waals surface area contributed by atoms with E-state index in [2.05, 4.69) is 16.3 Å². The number of piperidine rings is 2. The van der Waals surface area contributed by atoms with E-state index in [1.54, 1.807) is 0 Å². The highest BCUT2D eigenvalue weighted by molar-refractivity contribution is 5.84. The van der Waals surface area contributed by atoms with Crippen molar-refractivity contribution in [2.45, 2.75) is 108 Å². The average molecular weight is 507 g/mol. The van der Waals surface area contributed by atoms with Gasteiger partial charge in [0.2, 0.25) is 5.91 Å². The number of nitrogens with one attached hydrogen (secondary N) is 1. The van der Waals surface area contributed by atoms with Gasteiger partial charge < -0.3 is 19.4 Å². The molecule has 4 heterocycles. The van der Waals surface area contributed by atoms with Crippen molar-refractivity contribution in [2.24, 2.45) is 5.92 Å². The summed E-state index contributed by atoms with van der Waals surface area (Å²) in [6.07, 6.45) is 15.1. The maximum absolute atomic E-state index is 12.9. The molecule has 0 radical (unpaired) electrons. The second-order valence-corrected chi connectivity index (χ2v) is 12.1. The van der Waals surface area contributed by atoms with E-state index in [0.717, 1.165) is 48.9 Å². The quantitative estimate of drug-likeness (QED) is 0.547. The number of hydrogen-bond donors (Lipinski definition) is 1. The monoisotopic (exact) mass is 506 g/mol. The zero-order valence-electron chi connectivity index (χ0n) is 22.4. The fraction of sp³-hybridized carbons (Fsp3) is 0.677. The lowest BCUT2D eigenvalue weighted by Crippen LogP contribution is -2.51. The van der Waals surface area contributed by atoms with E-state index >= 15 is 0 Å². The predicted octanol–water partition coefficient (Wildman–Crippen LogP) is 5.44. The maximum Gasteiger partial charge on any atom is 0.339 e. The number of hydrogen-bond acceptors (Lipinski definition) is 5. The number of amides is 1. The Morgan fingerprint density at radius 3 is 2.76 bits per heavy atom. The van der Waals surface area contributed by atoms with Crippen molar-refractivity contribution in [3.8, 4) is 5.75 Å². The summed E-state index contributed by atoms with van der Waals surface area (Å²) in [5.41, 5.74) is 2.99. The first-order valence-corrected chi connectivity index (χ1v) is 14.8. The van der Waals surface area contributed by atoms with Crippen molar-refractivity contribution in [3.05, 3.63) is 39.2 Å². The lowest BCUT2D eigenvalue weighted by Gasteiger charge is -2.44. The van der Waals surface area contributed by atoms with Crippen LogP contribution >= 0.6 is 0 Å². The average Bonchev–Trinajstić information content (AvgIpc) is 2.91. The second-order valence-electron chi connectivity index (χ2n) is 12.1. The first-order chi connectivity index (χ1) is 18.0. The van der Waals surface area contributed by atoms with Gasteiger partial charge in [0.05, 0.1) is 0 Å². The fourth-order valence-electron chi connectivity index (χ4n) is 7.62. The van der Waals surface area contributed by atoms with E-state index < -0.39 is 0 Å². The van der Waals surface area contributed by atoms with Gasteiger partial charge in [0, 0.05) is 36.0 Å². The van der Waals surface area contributed by atoms with Crippen molar-refractivity contribution in [1.29, 1.82) is 0 Å². The lowest BCUT2D eigenvalue weighted by atomic mass is 9.79. The Hall–Kier alpha value is -2.34. The molecule has 2 aromatic rings. The lowest BCUT2D eigenvalue weighted by molar-refractivity contribution is -0.121. The number of aryl methyl sites for hydroxylation is 2. The molecule has 1 N–H and O–H groups in total. The van der Waals surface area contributed by atoms with Crippen molar-refractivity contribution >= 4 is 16.9 Å². The molecule has 6 nitrogen and oxygen atoms in total. The molecule has 2 atom stereocenters. The molecule has 0 unspecified atom stereocenters. The van der Waals surface area contributed by atoms with Crippen LogP contribution in [0, 0.1) is 12.8 Å². The summed E-state index contributed by atoms with van der Waals surface area (Å²) in [6.45, 7) is 5.16. The third-order valence-electron chi connectivity index (χ3n) is 9.80. The van der Waals surface area contributed by atoms with Gasteiger partial charge in [0.25, 0.3) is 0 Å². The summed E-state index contributed by atoms with van der Waals surface area (Å²) in [5, 5.41) is 4.16. The Morgan fingerprint density at radius 2 is 1.89 bits per heavy atom. The molecule has 0 bridgehead atoms. The minimum atomic E-state index is -0.328. The Balaban J connectivity index is 1.12. The minimum Gasteiger partial charge on any atom is -0.487 e. The molecule has 1 aromatic carbocycles. The van der Waals surface area contributed by atoms with E-state index in [-0.39, 0.29) is 17.1 Å². The van der Waals surface area contributed by atoms with Gasteiger partial charge in [-0.1, -0.05) is 12.8 Å². The van der Waals surface area contributed by atoms with E-state index in [9.17, 15) is 9.59 Å². The van der Waals surface area contributed by atoms with E-state index in [4.69, 9.17) is 9.15 Å². The van der Waals surface area contributed by atoms with Crippen LogP contribution in [0.1, 0.15) is 93.7 Å². The summed E-state index contributed by atoms with van der Waals surface area (Å²) in [7, 11) is 0. The molecular formula is C31H42N2O4. The minimum absolute atomic E-state index is 0.0310. The van der Waals surface area contributed by atoms with Crippen LogP contribution in [-0.2, 0) is 17.6 Å². The van der Waals surface area contributed by atoms with Crippen molar-refractivity contribution in [2.75, 3.05) is 19.6 Å². The first-order valence-electron chi connectivity index (χ1n) is 14.8. The third-order valence-corrected chi connectivity index (χ3v) is 9.80. The normalized spacial score (nSPS) is 25.3. The van der Waals surface area contributed by atoms with Crippen molar-refractivity contribution < 1.29 is 13.9 Å². The largest absolute Gasteiger partial charge is 0.487 e. The van der Waals surface area contributed by atoms with Crippen LogP contribution < -0.4 is 15.7 Å². The van der Waals surface area contributed by atoms with Crippen LogP contribution in [0.4, 0.5) is 0 Å². The summed E-state index contributed by atoms with van der Waals surface area (Å²) in [4.78, 5) is 28.3. The molecule has 1 saturated carbocycles. The zero-order valence-corrected chi connectivity index (χ0v) is 22.4. The van der Waals surface area contributed by atoms with Gasteiger partial charge in [0.1, 0.15) is 16.9 Å². The molecule has 2 saturated heterocycles. The number of nitrogens with zero attached hydrogens (tertiary/aromatic N) is 1. The van der Waals surface area contributed by atoms with Gasteiger partial charge in [-0.3, -0.25) is 4.79 Å². The van der Waals surface area contributed by atoms with Crippen LogP contribution in [-0.4, -0.2) is 42.1 Å². The van der Waals surface area contributed by atoms with Crippen molar-refractivity contribution in [1.82, 2.24) is 10.2 Å². The molecule has 1 spiro atoms. The number of ether oxygens (including phenoxy) is 1. The summed E-state index contributed by atoms with van der Waals surface area (Å²) >= 11 is 0. The second kappa shape index (κ2) is 10.4. The highest BCUT2D eigenvalue weighted by Crippen LogP contribution is 2.43. The van der Waals surface area contributed by atoms with Gasteiger partial charge in [-0.05, 0) is 114 Å². The summed E-state index contributed by atoms with van der Waals surface area (Å²) in [5.74, 6) is 1.46. The van der Waals surface area contributed by atoms with Crippen LogP contribution in [0.5, 0.6) is 5.75 Å². The maximum atomic E-state index is 12.9. The Kier molecular flexibility index (Phi) is 7.04. The fourth-order valence-corrected chi connectivity index (χ4v) is 7.62. The van der Waals surface area contributed by atoms with Gasteiger partial charge in [-0.15, -0.1) is 0 Å². The van der Waals surface area contributed by atoms with Gasteiger partial charge in [-0.2, -0.15) is 0 Å². The SMILES string of the molecule is Cc1c(CCC(=O)NC[C@H]2CCCN3CCCC[C@H]23)c(=O)oc2cc3c(cc12)CCC1(CCCCC1)O3. The van der Waals surface area contributed by atoms with Crippen LogP contribution in [0.15, 0.2) is 21.3 Å². The van der Waals surface area contributed by atoms with Gasteiger partial charge in [0.15, 0.2) is 0 Å². The van der Waals surface area contributed by atoms with Gasteiger partial charge in [-0.25, -0.2) is 4.79 Å². The predicted molar refractivity (Wildman–Crippen MR) is 145 cm³/mol. The third kappa shape index (κ3) is 5.06. The van der Waals surface area contributed by atoms with Crippen molar-refractivity contribution in [3.63, 3.8) is 0 Å². The highest BCUT2D eigenvalue weighted by Gasteiger charge is 2.38. The number of benzene rings is 1. The molecule has 1 aliphatic carbocycles. The topological polar surface area (TPSA) is 71.8 Å². The molecular weight excluding hydrogens is 464 g/mol. The molecule has 1 amide bonds. The number of carbonyl (C=O) groups is 1. The van der Waals surface area contributed by atoms with Crippen LogP contribution in [0.25, 0.3) is 11.0 Å². The molecule has 3 aliphatic heterocycles. The smallest absolute Gasteiger partial charge is 0.339 e. The Bertz CT molecular complexity index is 1210. The summed E-state index contributed by atoms with van der Waals surface area (Å²) in [6, 6.07) is 4.71. The zero-order chi connectivity index (χ0) is 25.4. The molecule has 6 heteroatoms. The molecule has 4 aliphatic rings. The number of rotatable bonds is 5. The standard InChI is InChI=1S/C31H42N2O4/c1-21-24(10-11-29(34)32-20-23-8-7-17-33-16-6-3-9-26(23)33)30(35)36-28-19-27-22(18-25(21)28)12-15-31(37-27)13-4-2-5-14-31/h18-19,23,26H,2-17,20H2,1H3,(H,32,34)/t23-,26-/m1/s1. The van der Waals surface area contributed by atoms with Gasteiger partial charge >= 0.3 is 5.63 Å². The number of fused-ring (bicyclic) bond motifs is 3. The van der Waals surface area contributed by atoms with Crippen LogP contribution in [0.3, 0.4) is 0 Å². The van der Waals surface area contributed by atoms with E-state index in [1.165, 1.54) is 70.0 Å². The molecule has 37 heavy (non-hydrogen) atoms.